The zero-order chi connectivity index (χ0) is 19.7. The average molecular weight is 385 g/mol. The number of benzene rings is 1. The average Bonchev–Trinajstić information content (AvgIpc) is 3.32. The molecule has 4 rings (SSSR count). The Morgan fingerprint density at radius 3 is 2.43 bits per heavy atom. The molecule has 1 aliphatic heterocycles. The van der Waals surface area contributed by atoms with Crippen molar-refractivity contribution in [1.29, 1.82) is 0 Å². The molecule has 1 aliphatic carbocycles. The molecule has 7 heteroatoms. The van der Waals surface area contributed by atoms with Crippen molar-refractivity contribution in [2.24, 2.45) is 0 Å². The van der Waals surface area contributed by atoms with Crippen LogP contribution in [0.4, 0.5) is 14.9 Å². The van der Waals surface area contributed by atoms with E-state index in [9.17, 15) is 9.18 Å². The molecule has 1 saturated heterocycles. The van der Waals surface area contributed by atoms with Gasteiger partial charge in [-0.3, -0.25) is 4.90 Å². The zero-order valence-corrected chi connectivity index (χ0v) is 16.6. The van der Waals surface area contributed by atoms with Gasteiger partial charge in [0.1, 0.15) is 5.69 Å². The van der Waals surface area contributed by atoms with Gasteiger partial charge in [-0.1, -0.05) is 12.8 Å². The highest BCUT2D eigenvalue weighted by Gasteiger charge is 2.27. The van der Waals surface area contributed by atoms with E-state index in [-0.39, 0.29) is 6.03 Å². The molecule has 0 spiro atoms. The number of urea groups is 1. The first-order valence-electron chi connectivity index (χ1n) is 10.1. The molecule has 2 aromatic rings. The maximum absolute atomic E-state index is 14.6. The Kier molecular flexibility index (Phi) is 5.35. The molecule has 2 fully saturated rings. The number of rotatable bonds is 3. The summed E-state index contributed by atoms with van der Waals surface area (Å²) in [7, 11) is 0. The van der Waals surface area contributed by atoms with Gasteiger partial charge in [0.05, 0.1) is 5.69 Å². The number of anilines is 1. The SMILES string of the molecule is Cc1cc(C)n(-c2ccc(NC(=O)N3CCN(C4CCCC4)CC3)cc2F)n1. The van der Waals surface area contributed by atoms with E-state index >= 15 is 0 Å². The number of hydrogen-bond acceptors (Lipinski definition) is 3. The van der Waals surface area contributed by atoms with Crippen LogP contribution in [0.15, 0.2) is 24.3 Å². The van der Waals surface area contributed by atoms with Gasteiger partial charge in [-0.25, -0.2) is 13.9 Å². The number of hydrogen-bond donors (Lipinski definition) is 1. The first kappa shape index (κ1) is 18.9. The van der Waals surface area contributed by atoms with Gasteiger partial charge in [-0.05, 0) is 51.0 Å². The van der Waals surface area contributed by atoms with Crippen LogP contribution in [0, 0.1) is 19.7 Å². The smallest absolute Gasteiger partial charge is 0.321 e. The first-order chi connectivity index (χ1) is 13.5. The third-order valence-electron chi connectivity index (χ3n) is 5.88. The number of nitrogens with one attached hydrogen (secondary N) is 1. The normalized spacial score (nSPS) is 18.6. The molecule has 2 aliphatic rings. The van der Waals surface area contributed by atoms with Crippen molar-refractivity contribution in [3.63, 3.8) is 0 Å². The summed E-state index contributed by atoms with van der Waals surface area (Å²) in [5.41, 5.74) is 2.55. The van der Waals surface area contributed by atoms with Crippen molar-refractivity contribution >= 4 is 11.7 Å². The Morgan fingerprint density at radius 1 is 1.11 bits per heavy atom. The standard InChI is InChI=1S/C21H28FN5O/c1-15-13-16(2)27(24-15)20-8-7-17(14-19(20)22)23-21(28)26-11-9-25(10-12-26)18-5-3-4-6-18/h7-8,13-14,18H,3-6,9-12H2,1-2H3,(H,23,28). The van der Waals surface area contributed by atoms with Crippen molar-refractivity contribution in [2.75, 3.05) is 31.5 Å². The molecule has 2 heterocycles. The molecule has 1 N–H and O–H groups in total. The van der Waals surface area contributed by atoms with Crippen LogP contribution in [0.25, 0.3) is 5.69 Å². The largest absolute Gasteiger partial charge is 0.322 e. The number of aromatic nitrogens is 2. The monoisotopic (exact) mass is 385 g/mol. The third-order valence-corrected chi connectivity index (χ3v) is 5.88. The topological polar surface area (TPSA) is 53.4 Å². The molecule has 28 heavy (non-hydrogen) atoms. The minimum atomic E-state index is -0.407. The molecular formula is C21H28FN5O. The van der Waals surface area contributed by atoms with E-state index in [1.54, 1.807) is 16.8 Å². The fourth-order valence-corrected chi connectivity index (χ4v) is 4.39. The Labute approximate surface area is 165 Å². The van der Waals surface area contributed by atoms with Crippen LogP contribution < -0.4 is 5.32 Å². The summed E-state index contributed by atoms with van der Waals surface area (Å²) in [5, 5.41) is 7.16. The van der Waals surface area contributed by atoms with E-state index in [1.807, 2.05) is 24.8 Å². The van der Waals surface area contributed by atoms with Gasteiger partial charge >= 0.3 is 6.03 Å². The lowest BCUT2D eigenvalue weighted by molar-refractivity contribution is 0.115. The molecule has 6 nitrogen and oxygen atoms in total. The predicted octanol–water partition coefficient (Wildman–Crippen LogP) is 3.72. The fourth-order valence-electron chi connectivity index (χ4n) is 4.39. The fraction of sp³-hybridized carbons (Fsp3) is 0.524. The second kappa shape index (κ2) is 7.91. The summed E-state index contributed by atoms with van der Waals surface area (Å²) in [6.07, 6.45) is 5.22. The van der Waals surface area contributed by atoms with E-state index in [0.717, 1.165) is 24.5 Å². The lowest BCUT2D eigenvalue weighted by atomic mass is 10.2. The number of piperazine rings is 1. The van der Waals surface area contributed by atoms with E-state index in [1.165, 1.54) is 31.7 Å². The second-order valence-corrected chi connectivity index (χ2v) is 7.90. The Morgan fingerprint density at radius 2 is 1.82 bits per heavy atom. The highest BCUT2D eigenvalue weighted by molar-refractivity contribution is 5.89. The van der Waals surface area contributed by atoms with E-state index in [2.05, 4.69) is 15.3 Å². The summed E-state index contributed by atoms with van der Waals surface area (Å²) in [6, 6.07) is 7.17. The summed E-state index contributed by atoms with van der Waals surface area (Å²) >= 11 is 0. The lowest BCUT2D eigenvalue weighted by Gasteiger charge is -2.38. The summed E-state index contributed by atoms with van der Waals surface area (Å²) < 4.78 is 16.2. The van der Waals surface area contributed by atoms with Gasteiger partial charge in [0.25, 0.3) is 0 Å². The number of aryl methyl sites for hydroxylation is 2. The molecule has 1 saturated carbocycles. The van der Waals surface area contributed by atoms with E-state index in [0.29, 0.717) is 30.5 Å². The van der Waals surface area contributed by atoms with E-state index in [4.69, 9.17) is 0 Å². The van der Waals surface area contributed by atoms with Gasteiger partial charge in [0, 0.05) is 43.6 Å². The van der Waals surface area contributed by atoms with Crippen LogP contribution in [0.5, 0.6) is 0 Å². The van der Waals surface area contributed by atoms with Crippen LogP contribution >= 0.6 is 0 Å². The quantitative estimate of drug-likeness (QED) is 0.876. The molecule has 1 aromatic carbocycles. The van der Waals surface area contributed by atoms with E-state index < -0.39 is 5.82 Å². The Hall–Kier alpha value is -2.41. The molecule has 0 bridgehead atoms. The van der Waals surface area contributed by atoms with Crippen LogP contribution in [-0.2, 0) is 0 Å². The van der Waals surface area contributed by atoms with Crippen molar-refractivity contribution in [2.45, 2.75) is 45.6 Å². The number of halogens is 1. The predicted molar refractivity (Wildman–Crippen MR) is 107 cm³/mol. The number of amides is 2. The number of carbonyl (C=O) groups is 1. The van der Waals surface area contributed by atoms with Crippen LogP contribution in [0.1, 0.15) is 37.1 Å². The zero-order valence-electron chi connectivity index (χ0n) is 16.6. The molecule has 0 radical (unpaired) electrons. The second-order valence-electron chi connectivity index (χ2n) is 7.90. The highest BCUT2D eigenvalue weighted by atomic mass is 19.1. The van der Waals surface area contributed by atoms with Crippen LogP contribution in [-0.4, -0.2) is 57.8 Å². The summed E-state index contributed by atoms with van der Waals surface area (Å²) in [5.74, 6) is -0.407. The van der Waals surface area contributed by atoms with Crippen molar-refractivity contribution in [1.82, 2.24) is 19.6 Å². The lowest BCUT2D eigenvalue weighted by Crippen LogP contribution is -2.52. The highest BCUT2D eigenvalue weighted by Crippen LogP contribution is 2.25. The van der Waals surface area contributed by atoms with Gasteiger partial charge in [0.2, 0.25) is 0 Å². The molecule has 150 valence electrons. The maximum atomic E-state index is 14.6. The van der Waals surface area contributed by atoms with Gasteiger partial charge in [0.15, 0.2) is 5.82 Å². The minimum absolute atomic E-state index is 0.163. The van der Waals surface area contributed by atoms with Crippen LogP contribution in [0.3, 0.4) is 0 Å². The first-order valence-corrected chi connectivity index (χ1v) is 10.1. The van der Waals surface area contributed by atoms with Crippen molar-refractivity contribution in [3.05, 3.63) is 41.5 Å². The molecule has 2 amide bonds. The number of carbonyl (C=O) groups excluding carboxylic acids is 1. The van der Waals surface area contributed by atoms with Crippen molar-refractivity contribution < 1.29 is 9.18 Å². The molecule has 0 atom stereocenters. The number of nitrogens with zero attached hydrogens (tertiary/aromatic N) is 4. The summed E-state index contributed by atoms with van der Waals surface area (Å²) in [4.78, 5) is 16.9. The molecular weight excluding hydrogens is 357 g/mol. The van der Waals surface area contributed by atoms with Crippen molar-refractivity contribution in [3.8, 4) is 5.69 Å². The molecule has 1 aromatic heterocycles. The van der Waals surface area contributed by atoms with Gasteiger partial charge in [-0.2, -0.15) is 5.10 Å². The Balaban J connectivity index is 1.37. The summed E-state index contributed by atoms with van der Waals surface area (Å²) in [6.45, 7) is 7.04. The van der Waals surface area contributed by atoms with Gasteiger partial charge < -0.3 is 10.2 Å². The Bertz CT molecular complexity index is 850. The van der Waals surface area contributed by atoms with Crippen LogP contribution in [0.2, 0.25) is 0 Å². The third kappa shape index (κ3) is 3.90. The van der Waals surface area contributed by atoms with Gasteiger partial charge in [-0.15, -0.1) is 0 Å². The maximum Gasteiger partial charge on any atom is 0.321 e. The molecule has 0 unspecified atom stereocenters. The minimum Gasteiger partial charge on any atom is -0.322 e.